The van der Waals surface area contributed by atoms with Gasteiger partial charge in [-0.3, -0.25) is 19.1 Å². The molecular formula is C17H18N4O4S. The SMILES string of the molecule is Cc1c(NC(=O)CSCC(=O)OCC#N)c(=O)n(-c2ccccc2)n1C. The molecule has 1 N–H and O–H groups in total. The quantitative estimate of drug-likeness (QED) is 0.731. The Hall–Kier alpha value is -2.99. The lowest BCUT2D eigenvalue weighted by Crippen LogP contribution is -2.24. The first-order chi connectivity index (χ1) is 12.5. The highest BCUT2D eigenvalue weighted by molar-refractivity contribution is 8.00. The number of ether oxygens (including phenoxy) is 1. The van der Waals surface area contributed by atoms with Gasteiger partial charge in [0.2, 0.25) is 5.91 Å². The topological polar surface area (TPSA) is 106 Å². The highest BCUT2D eigenvalue weighted by Gasteiger charge is 2.18. The van der Waals surface area contributed by atoms with E-state index in [0.717, 1.165) is 11.8 Å². The van der Waals surface area contributed by atoms with Crippen molar-refractivity contribution in [2.24, 2.45) is 7.05 Å². The molecule has 2 rings (SSSR count). The number of carbonyl (C=O) groups excluding carboxylic acids is 2. The number of hydrogen-bond acceptors (Lipinski definition) is 6. The van der Waals surface area contributed by atoms with Crippen molar-refractivity contribution in [3.63, 3.8) is 0 Å². The minimum absolute atomic E-state index is 0.0131. The summed E-state index contributed by atoms with van der Waals surface area (Å²) in [5.74, 6) is -1.02. The normalized spacial score (nSPS) is 10.2. The van der Waals surface area contributed by atoms with Crippen LogP contribution in [-0.4, -0.2) is 39.4 Å². The molecule has 26 heavy (non-hydrogen) atoms. The summed E-state index contributed by atoms with van der Waals surface area (Å²) < 4.78 is 7.72. The van der Waals surface area contributed by atoms with Crippen LogP contribution in [-0.2, 0) is 21.4 Å². The molecule has 0 radical (unpaired) electrons. The number of nitriles is 1. The fourth-order valence-corrected chi connectivity index (χ4v) is 2.88. The van der Waals surface area contributed by atoms with E-state index in [-0.39, 0.29) is 29.4 Å². The van der Waals surface area contributed by atoms with Crippen molar-refractivity contribution in [1.82, 2.24) is 9.36 Å². The predicted molar refractivity (Wildman–Crippen MR) is 98.3 cm³/mol. The molecule has 136 valence electrons. The lowest BCUT2D eigenvalue weighted by molar-refractivity contribution is -0.139. The largest absolute Gasteiger partial charge is 0.450 e. The van der Waals surface area contributed by atoms with Crippen molar-refractivity contribution in [2.75, 3.05) is 23.4 Å². The molecule has 0 unspecified atom stereocenters. The summed E-state index contributed by atoms with van der Waals surface area (Å²) in [5.41, 5.74) is 1.18. The van der Waals surface area contributed by atoms with Gasteiger partial charge in [0.15, 0.2) is 6.61 Å². The second-order valence-electron chi connectivity index (χ2n) is 5.30. The number of nitrogens with zero attached hydrogens (tertiary/aromatic N) is 3. The van der Waals surface area contributed by atoms with Crippen LogP contribution in [0.15, 0.2) is 35.1 Å². The molecule has 8 nitrogen and oxygen atoms in total. The Bertz CT molecular complexity index is 896. The number of benzene rings is 1. The molecule has 1 aromatic carbocycles. The van der Waals surface area contributed by atoms with Gasteiger partial charge >= 0.3 is 5.97 Å². The summed E-state index contributed by atoms with van der Waals surface area (Å²) in [4.78, 5) is 36.0. The molecular weight excluding hydrogens is 356 g/mol. The van der Waals surface area contributed by atoms with E-state index < -0.39 is 11.9 Å². The van der Waals surface area contributed by atoms with Gasteiger partial charge in [0.05, 0.1) is 22.9 Å². The van der Waals surface area contributed by atoms with Crippen molar-refractivity contribution in [3.8, 4) is 11.8 Å². The summed E-state index contributed by atoms with van der Waals surface area (Å²) in [7, 11) is 1.74. The van der Waals surface area contributed by atoms with Crippen molar-refractivity contribution >= 4 is 29.3 Å². The van der Waals surface area contributed by atoms with Gasteiger partial charge < -0.3 is 10.1 Å². The van der Waals surface area contributed by atoms with E-state index in [9.17, 15) is 14.4 Å². The van der Waals surface area contributed by atoms with Crippen LogP contribution in [0.3, 0.4) is 0 Å². The smallest absolute Gasteiger partial charge is 0.316 e. The van der Waals surface area contributed by atoms with Gasteiger partial charge in [-0.15, -0.1) is 11.8 Å². The van der Waals surface area contributed by atoms with E-state index in [1.54, 1.807) is 36.9 Å². The number of rotatable bonds is 7. The zero-order valence-corrected chi connectivity index (χ0v) is 15.2. The number of thioether (sulfide) groups is 1. The van der Waals surface area contributed by atoms with Gasteiger partial charge in [0.25, 0.3) is 5.56 Å². The number of hydrogen-bond donors (Lipinski definition) is 1. The molecule has 9 heteroatoms. The molecule has 0 aliphatic heterocycles. The molecule has 1 heterocycles. The number of anilines is 1. The van der Waals surface area contributed by atoms with Crippen molar-refractivity contribution in [2.45, 2.75) is 6.92 Å². The molecule has 0 saturated carbocycles. The fraction of sp³-hybridized carbons (Fsp3) is 0.294. The molecule has 1 aromatic heterocycles. The van der Waals surface area contributed by atoms with Crippen LogP contribution in [0.25, 0.3) is 5.69 Å². The Balaban J connectivity index is 2.04. The van der Waals surface area contributed by atoms with Gasteiger partial charge in [-0.1, -0.05) is 18.2 Å². The van der Waals surface area contributed by atoms with Crippen LogP contribution in [0.4, 0.5) is 5.69 Å². The molecule has 1 amide bonds. The summed E-state index contributed by atoms with van der Waals surface area (Å²) >= 11 is 1.05. The van der Waals surface area contributed by atoms with E-state index in [1.807, 2.05) is 18.2 Å². The third kappa shape index (κ3) is 4.55. The van der Waals surface area contributed by atoms with Crippen LogP contribution < -0.4 is 10.9 Å². The molecule has 0 spiro atoms. The second-order valence-corrected chi connectivity index (χ2v) is 6.28. The van der Waals surface area contributed by atoms with Gasteiger partial charge in [0.1, 0.15) is 11.8 Å². The molecule has 0 bridgehead atoms. The van der Waals surface area contributed by atoms with Gasteiger partial charge in [-0.25, -0.2) is 4.68 Å². The summed E-state index contributed by atoms with van der Waals surface area (Å²) in [6.07, 6.45) is 0. The minimum atomic E-state index is -0.563. The van der Waals surface area contributed by atoms with Crippen LogP contribution in [0.1, 0.15) is 5.69 Å². The number of esters is 1. The Morgan fingerprint density at radius 1 is 1.27 bits per heavy atom. The van der Waals surface area contributed by atoms with Crippen molar-refractivity contribution in [3.05, 3.63) is 46.4 Å². The standard InChI is InChI=1S/C17H18N4O4S/c1-12-16(19-14(22)10-26-11-15(23)25-9-8-18)17(24)21(20(12)2)13-6-4-3-5-7-13/h3-7H,9-11H2,1-2H3,(H,19,22). The molecule has 0 atom stereocenters. The van der Waals surface area contributed by atoms with E-state index in [4.69, 9.17) is 5.26 Å². The van der Waals surface area contributed by atoms with E-state index >= 15 is 0 Å². The average molecular weight is 374 g/mol. The zero-order chi connectivity index (χ0) is 19.1. The Kier molecular flexibility index (Phi) is 6.63. The van der Waals surface area contributed by atoms with E-state index in [2.05, 4.69) is 10.1 Å². The summed E-state index contributed by atoms with van der Waals surface area (Å²) in [5, 5.41) is 10.9. The maximum Gasteiger partial charge on any atom is 0.316 e. The third-order valence-electron chi connectivity index (χ3n) is 3.57. The minimum Gasteiger partial charge on any atom is -0.450 e. The van der Waals surface area contributed by atoms with Gasteiger partial charge in [0, 0.05) is 7.05 Å². The molecule has 0 aliphatic carbocycles. The highest BCUT2D eigenvalue weighted by Crippen LogP contribution is 2.14. The zero-order valence-electron chi connectivity index (χ0n) is 14.4. The Morgan fingerprint density at radius 3 is 2.62 bits per heavy atom. The summed E-state index contributed by atoms with van der Waals surface area (Å²) in [6.45, 7) is 1.43. The first kappa shape index (κ1) is 19.3. The van der Waals surface area contributed by atoms with Crippen molar-refractivity contribution in [1.29, 1.82) is 5.26 Å². The number of nitrogens with one attached hydrogen (secondary N) is 1. The fourth-order valence-electron chi connectivity index (χ4n) is 2.27. The third-order valence-corrected chi connectivity index (χ3v) is 4.48. The first-order valence-electron chi connectivity index (χ1n) is 7.70. The average Bonchev–Trinajstić information content (AvgIpc) is 2.84. The molecule has 0 fully saturated rings. The molecule has 0 saturated heterocycles. The maximum absolute atomic E-state index is 12.7. The molecule has 0 aliphatic rings. The number of carbonyl (C=O) groups is 2. The van der Waals surface area contributed by atoms with Crippen LogP contribution >= 0.6 is 11.8 Å². The summed E-state index contributed by atoms with van der Waals surface area (Å²) in [6, 6.07) is 10.8. The predicted octanol–water partition coefficient (Wildman–Crippen LogP) is 1.22. The highest BCUT2D eigenvalue weighted by atomic mass is 32.2. The van der Waals surface area contributed by atoms with Crippen LogP contribution in [0.5, 0.6) is 0 Å². The number of amides is 1. The lowest BCUT2D eigenvalue weighted by Gasteiger charge is -2.07. The maximum atomic E-state index is 12.7. The van der Waals surface area contributed by atoms with Crippen molar-refractivity contribution < 1.29 is 14.3 Å². The Morgan fingerprint density at radius 2 is 1.96 bits per heavy atom. The lowest BCUT2D eigenvalue weighted by atomic mass is 10.3. The first-order valence-corrected chi connectivity index (χ1v) is 8.85. The van der Waals surface area contributed by atoms with E-state index in [0.29, 0.717) is 11.4 Å². The Labute approximate surface area is 154 Å². The molecule has 2 aromatic rings. The van der Waals surface area contributed by atoms with Gasteiger partial charge in [-0.05, 0) is 19.1 Å². The number of para-hydroxylation sites is 1. The number of aromatic nitrogens is 2. The van der Waals surface area contributed by atoms with Crippen LogP contribution in [0, 0.1) is 18.3 Å². The van der Waals surface area contributed by atoms with Gasteiger partial charge in [-0.2, -0.15) is 5.26 Å². The second kappa shape index (κ2) is 8.92. The van der Waals surface area contributed by atoms with E-state index in [1.165, 1.54) is 4.68 Å². The monoisotopic (exact) mass is 374 g/mol. The van der Waals surface area contributed by atoms with Crippen LogP contribution in [0.2, 0.25) is 0 Å².